The van der Waals surface area contributed by atoms with Crippen molar-refractivity contribution < 1.29 is 9.53 Å². The number of hydrogen-bond donors (Lipinski definition) is 2. The maximum absolute atomic E-state index is 12.2. The van der Waals surface area contributed by atoms with Gasteiger partial charge in [0.25, 0.3) is 5.91 Å². The number of benzene rings is 2. The van der Waals surface area contributed by atoms with Crippen LogP contribution in [0, 0.1) is 5.92 Å². The summed E-state index contributed by atoms with van der Waals surface area (Å²) in [5, 5.41) is 3.62. The van der Waals surface area contributed by atoms with Gasteiger partial charge in [0.2, 0.25) is 0 Å². The zero-order valence-electron chi connectivity index (χ0n) is 13.1. The maximum Gasteiger partial charge on any atom is 0.251 e. The lowest BCUT2D eigenvalue weighted by molar-refractivity contribution is 0.0933. The van der Waals surface area contributed by atoms with Gasteiger partial charge in [-0.3, -0.25) is 4.79 Å². The molecule has 3 rings (SSSR count). The summed E-state index contributed by atoms with van der Waals surface area (Å²) in [4.78, 5) is 12.2. The highest BCUT2D eigenvalue weighted by molar-refractivity contribution is 6.30. The fourth-order valence-corrected chi connectivity index (χ4v) is 2.64. The first-order chi connectivity index (χ1) is 11.2. The lowest BCUT2D eigenvalue weighted by Crippen LogP contribution is -2.41. The molecule has 24 heavy (non-hydrogen) atoms. The SMILES string of the molecule is Cl.NCC(NC(=O)c1ccc(Oc2cccc(Cl)c2)cc1)C1CC1. The van der Waals surface area contributed by atoms with Gasteiger partial charge in [-0.1, -0.05) is 17.7 Å². The van der Waals surface area contributed by atoms with Crippen molar-refractivity contribution in [1.29, 1.82) is 0 Å². The molecule has 1 aliphatic rings. The number of ether oxygens (including phenoxy) is 1. The summed E-state index contributed by atoms with van der Waals surface area (Å²) in [5.74, 6) is 1.75. The Balaban J connectivity index is 0.00000208. The second-order valence-corrected chi connectivity index (χ2v) is 6.17. The lowest BCUT2D eigenvalue weighted by Gasteiger charge is -2.16. The molecule has 1 saturated carbocycles. The second kappa shape index (κ2) is 8.38. The van der Waals surface area contributed by atoms with Crippen LogP contribution in [0.2, 0.25) is 5.02 Å². The van der Waals surface area contributed by atoms with Gasteiger partial charge < -0.3 is 15.8 Å². The van der Waals surface area contributed by atoms with Gasteiger partial charge in [0.15, 0.2) is 0 Å². The molecule has 0 spiro atoms. The summed E-state index contributed by atoms with van der Waals surface area (Å²) in [6, 6.07) is 14.3. The van der Waals surface area contributed by atoms with Crippen LogP contribution in [0.25, 0.3) is 0 Å². The van der Waals surface area contributed by atoms with Crippen molar-refractivity contribution in [2.45, 2.75) is 18.9 Å². The summed E-state index contributed by atoms with van der Waals surface area (Å²) in [7, 11) is 0. The molecule has 3 N–H and O–H groups in total. The summed E-state index contributed by atoms with van der Waals surface area (Å²) < 4.78 is 5.71. The maximum atomic E-state index is 12.2. The van der Waals surface area contributed by atoms with Gasteiger partial charge in [0.05, 0.1) is 0 Å². The summed E-state index contributed by atoms with van der Waals surface area (Å²) in [6.45, 7) is 0.479. The molecule has 1 fully saturated rings. The molecule has 1 aliphatic carbocycles. The van der Waals surface area contributed by atoms with Gasteiger partial charge in [0.1, 0.15) is 11.5 Å². The Labute approximate surface area is 152 Å². The predicted octanol–water partition coefficient (Wildman–Crippen LogP) is 4.02. The van der Waals surface area contributed by atoms with Crippen molar-refractivity contribution in [3.63, 3.8) is 0 Å². The van der Waals surface area contributed by atoms with E-state index in [0.29, 0.717) is 34.5 Å². The van der Waals surface area contributed by atoms with E-state index < -0.39 is 0 Å². The van der Waals surface area contributed by atoms with E-state index in [1.807, 2.05) is 12.1 Å². The number of halogens is 2. The predicted molar refractivity (Wildman–Crippen MR) is 98.2 cm³/mol. The summed E-state index contributed by atoms with van der Waals surface area (Å²) >= 11 is 5.93. The molecule has 0 aliphatic heterocycles. The minimum atomic E-state index is -0.0957. The highest BCUT2D eigenvalue weighted by Crippen LogP contribution is 2.32. The average Bonchev–Trinajstić information content (AvgIpc) is 3.38. The topological polar surface area (TPSA) is 64.3 Å². The van der Waals surface area contributed by atoms with Crippen LogP contribution in [0.1, 0.15) is 23.2 Å². The molecule has 2 aromatic carbocycles. The van der Waals surface area contributed by atoms with Crippen LogP contribution in [0.5, 0.6) is 11.5 Å². The van der Waals surface area contributed by atoms with Gasteiger partial charge in [-0.05, 0) is 61.2 Å². The van der Waals surface area contributed by atoms with E-state index in [9.17, 15) is 4.79 Å². The third kappa shape index (κ3) is 4.87. The van der Waals surface area contributed by atoms with E-state index >= 15 is 0 Å². The fraction of sp³-hybridized carbons (Fsp3) is 0.278. The molecule has 128 valence electrons. The number of nitrogens with one attached hydrogen (secondary N) is 1. The third-order valence-corrected chi connectivity index (χ3v) is 4.14. The zero-order chi connectivity index (χ0) is 16.2. The Bertz CT molecular complexity index is 688. The number of rotatable bonds is 6. The lowest BCUT2D eigenvalue weighted by atomic mass is 10.1. The molecule has 0 saturated heterocycles. The minimum absolute atomic E-state index is 0. The number of hydrogen-bond acceptors (Lipinski definition) is 3. The highest BCUT2D eigenvalue weighted by atomic mass is 35.5. The first-order valence-electron chi connectivity index (χ1n) is 7.70. The Hall–Kier alpha value is -1.75. The first-order valence-corrected chi connectivity index (χ1v) is 8.08. The standard InChI is InChI=1S/C18H19ClN2O2.ClH/c19-14-2-1-3-16(10-14)23-15-8-6-13(7-9-15)18(22)21-17(11-20)12-4-5-12;/h1-3,6-10,12,17H,4-5,11,20H2,(H,21,22);1H. The van der Waals surface area contributed by atoms with Gasteiger partial charge in [-0.15, -0.1) is 12.4 Å². The molecule has 2 aromatic rings. The molecular formula is C18H20Cl2N2O2. The molecule has 0 radical (unpaired) electrons. The number of carbonyl (C=O) groups excluding carboxylic acids is 1. The van der Waals surface area contributed by atoms with Crippen LogP contribution in [-0.4, -0.2) is 18.5 Å². The van der Waals surface area contributed by atoms with Crippen molar-refractivity contribution in [3.05, 3.63) is 59.1 Å². The normalized spacial score (nSPS) is 14.4. The number of amides is 1. The van der Waals surface area contributed by atoms with E-state index in [1.165, 1.54) is 0 Å². The number of nitrogens with two attached hydrogens (primary N) is 1. The first kappa shape index (κ1) is 18.6. The van der Waals surface area contributed by atoms with E-state index in [4.69, 9.17) is 22.1 Å². The van der Waals surface area contributed by atoms with E-state index in [-0.39, 0.29) is 24.4 Å². The van der Waals surface area contributed by atoms with Crippen LogP contribution >= 0.6 is 24.0 Å². The van der Waals surface area contributed by atoms with Crippen LogP contribution < -0.4 is 15.8 Å². The molecule has 0 heterocycles. The second-order valence-electron chi connectivity index (χ2n) is 5.74. The van der Waals surface area contributed by atoms with Crippen molar-refractivity contribution >= 4 is 29.9 Å². The Morgan fingerprint density at radius 3 is 2.50 bits per heavy atom. The van der Waals surface area contributed by atoms with Gasteiger partial charge >= 0.3 is 0 Å². The molecular weight excluding hydrogens is 347 g/mol. The zero-order valence-corrected chi connectivity index (χ0v) is 14.6. The summed E-state index contributed by atoms with van der Waals surface area (Å²) in [6.07, 6.45) is 2.29. The van der Waals surface area contributed by atoms with E-state index in [2.05, 4.69) is 5.32 Å². The largest absolute Gasteiger partial charge is 0.457 e. The smallest absolute Gasteiger partial charge is 0.251 e. The van der Waals surface area contributed by atoms with Gasteiger partial charge in [0, 0.05) is 23.2 Å². The van der Waals surface area contributed by atoms with Crippen LogP contribution in [-0.2, 0) is 0 Å². The van der Waals surface area contributed by atoms with E-state index in [0.717, 1.165) is 12.8 Å². The highest BCUT2D eigenvalue weighted by Gasteiger charge is 2.31. The molecule has 1 unspecified atom stereocenters. The van der Waals surface area contributed by atoms with Crippen LogP contribution in [0.4, 0.5) is 0 Å². The Morgan fingerprint density at radius 1 is 1.21 bits per heavy atom. The third-order valence-electron chi connectivity index (χ3n) is 3.91. The van der Waals surface area contributed by atoms with Crippen molar-refractivity contribution in [2.24, 2.45) is 11.7 Å². The quantitative estimate of drug-likeness (QED) is 0.811. The molecule has 4 nitrogen and oxygen atoms in total. The molecule has 0 aromatic heterocycles. The molecule has 1 amide bonds. The van der Waals surface area contributed by atoms with Crippen LogP contribution in [0.15, 0.2) is 48.5 Å². The Morgan fingerprint density at radius 2 is 1.92 bits per heavy atom. The number of carbonyl (C=O) groups is 1. The molecule has 1 atom stereocenters. The van der Waals surface area contributed by atoms with Crippen LogP contribution in [0.3, 0.4) is 0 Å². The molecule has 0 bridgehead atoms. The summed E-state index contributed by atoms with van der Waals surface area (Å²) in [5.41, 5.74) is 6.32. The van der Waals surface area contributed by atoms with Gasteiger partial charge in [-0.25, -0.2) is 0 Å². The minimum Gasteiger partial charge on any atom is -0.457 e. The van der Waals surface area contributed by atoms with Crippen molar-refractivity contribution in [1.82, 2.24) is 5.32 Å². The van der Waals surface area contributed by atoms with Crippen molar-refractivity contribution in [3.8, 4) is 11.5 Å². The van der Waals surface area contributed by atoms with E-state index in [1.54, 1.807) is 36.4 Å². The van der Waals surface area contributed by atoms with Gasteiger partial charge in [-0.2, -0.15) is 0 Å². The average molecular weight is 367 g/mol. The van der Waals surface area contributed by atoms with Crippen molar-refractivity contribution in [2.75, 3.05) is 6.54 Å². The Kier molecular flexibility index (Phi) is 6.49. The molecule has 6 heteroatoms. The monoisotopic (exact) mass is 366 g/mol. The fourth-order valence-electron chi connectivity index (χ4n) is 2.46.